The van der Waals surface area contributed by atoms with Gasteiger partial charge in [0, 0.05) is 43.1 Å². The summed E-state index contributed by atoms with van der Waals surface area (Å²) in [6.07, 6.45) is 0.802. The van der Waals surface area contributed by atoms with E-state index in [9.17, 15) is 4.39 Å². The van der Waals surface area contributed by atoms with Gasteiger partial charge in [-0.2, -0.15) is 11.8 Å². The van der Waals surface area contributed by atoms with Crippen LogP contribution in [-0.4, -0.2) is 41.0 Å². The number of halogens is 1. The fourth-order valence-electron chi connectivity index (χ4n) is 2.46. The minimum absolute atomic E-state index is 0.172. The molecule has 2 heterocycles. The lowest BCUT2D eigenvalue weighted by Gasteiger charge is -2.25. The number of rotatable bonds is 6. The summed E-state index contributed by atoms with van der Waals surface area (Å²) in [6.45, 7) is 4.04. The van der Waals surface area contributed by atoms with Crippen LogP contribution in [0.5, 0.6) is 0 Å². The van der Waals surface area contributed by atoms with Gasteiger partial charge in [0.2, 0.25) is 0 Å². The molecule has 3 rings (SSSR count). The molecule has 3 nitrogen and oxygen atoms in total. The molecule has 0 saturated carbocycles. The molecule has 0 bridgehead atoms. The lowest BCUT2D eigenvalue weighted by atomic mass is 10.1. The highest BCUT2D eigenvalue weighted by Gasteiger charge is 2.12. The second-order valence-electron chi connectivity index (χ2n) is 5.34. The summed E-state index contributed by atoms with van der Waals surface area (Å²) >= 11 is 3.67. The summed E-state index contributed by atoms with van der Waals surface area (Å²) in [7, 11) is 0. The third-order valence-electron chi connectivity index (χ3n) is 3.62. The molecule has 118 valence electrons. The van der Waals surface area contributed by atoms with Crippen molar-refractivity contribution in [1.29, 1.82) is 0 Å². The van der Waals surface area contributed by atoms with Crippen LogP contribution in [-0.2, 0) is 13.0 Å². The van der Waals surface area contributed by atoms with Gasteiger partial charge in [0.15, 0.2) is 5.13 Å². The number of thioether (sulfide) groups is 1. The van der Waals surface area contributed by atoms with Gasteiger partial charge in [0.25, 0.3) is 0 Å². The highest BCUT2D eigenvalue weighted by molar-refractivity contribution is 7.99. The summed E-state index contributed by atoms with van der Waals surface area (Å²) in [5, 5.41) is 6.42. The number of benzene rings is 1. The predicted molar refractivity (Wildman–Crippen MR) is 93.3 cm³/mol. The van der Waals surface area contributed by atoms with Gasteiger partial charge >= 0.3 is 0 Å². The Morgan fingerprint density at radius 1 is 1.27 bits per heavy atom. The lowest BCUT2D eigenvalue weighted by molar-refractivity contribution is 0.292. The van der Waals surface area contributed by atoms with Crippen LogP contribution in [0.25, 0.3) is 0 Å². The van der Waals surface area contributed by atoms with Gasteiger partial charge in [-0.05, 0) is 24.1 Å². The van der Waals surface area contributed by atoms with E-state index < -0.39 is 0 Å². The molecular weight excluding hydrogens is 317 g/mol. The maximum Gasteiger partial charge on any atom is 0.182 e. The number of hydrogen-bond acceptors (Lipinski definition) is 5. The zero-order chi connectivity index (χ0) is 15.2. The van der Waals surface area contributed by atoms with Crippen molar-refractivity contribution in [1.82, 2.24) is 9.88 Å². The first-order chi connectivity index (χ1) is 10.8. The minimum atomic E-state index is -0.172. The van der Waals surface area contributed by atoms with Crippen molar-refractivity contribution >= 4 is 28.2 Å². The Hall–Kier alpha value is -1.11. The van der Waals surface area contributed by atoms with Crippen molar-refractivity contribution < 1.29 is 4.39 Å². The van der Waals surface area contributed by atoms with E-state index in [0.29, 0.717) is 0 Å². The normalized spacial score (nSPS) is 15.9. The van der Waals surface area contributed by atoms with Crippen LogP contribution < -0.4 is 5.32 Å². The predicted octanol–water partition coefficient (Wildman–Crippen LogP) is 3.49. The quantitative estimate of drug-likeness (QED) is 0.873. The molecule has 1 aliphatic rings. The SMILES string of the molecule is Fc1cccc(CCNc2nc(CN3CCSCC3)cs2)c1. The number of anilines is 1. The Kier molecular flexibility index (Phi) is 5.70. The van der Waals surface area contributed by atoms with Gasteiger partial charge in [-0.3, -0.25) is 4.90 Å². The molecule has 0 aliphatic carbocycles. The van der Waals surface area contributed by atoms with E-state index in [1.165, 1.54) is 17.6 Å². The average Bonchev–Trinajstić information content (AvgIpc) is 2.96. The molecule has 6 heteroatoms. The first-order valence-corrected chi connectivity index (χ1v) is 9.56. The van der Waals surface area contributed by atoms with Crippen LogP contribution in [0.15, 0.2) is 29.6 Å². The van der Waals surface area contributed by atoms with Crippen molar-refractivity contribution in [2.45, 2.75) is 13.0 Å². The highest BCUT2D eigenvalue weighted by Crippen LogP contribution is 2.18. The van der Waals surface area contributed by atoms with Crippen molar-refractivity contribution in [2.75, 3.05) is 36.5 Å². The topological polar surface area (TPSA) is 28.2 Å². The molecule has 2 aromatic rings. The zero-order valence-electron chi connectivity index (χ0n) is 12.4. The van der Waals surface area contributed by atoms with Gasteiger partial charge in [-0.15, -0.1) is 11.3 Å². The maximum atomic E-state index is 13.1. The fraction of sp³-hybridized carbons (Fsp3) is 0.438. The summed E-state index contributed by atoms with van der Waals surface area (Å²) in [6, 6.07) is 6.77. The molecule has 0 unspecified atom stereocenters. The molecule has 22 heavy (non-hydrogen) atoms. The number of aromatic nitrogens is 1. The number of thiazole rings is 1. The van der Waals surface area contributed by atoms with Crippen LogP contribution in [0.4, 0.5) is 9.52 Å². The Morgan fingerprint density at radius 2 is 2.14 bits per heavy atom. The molecule has 0 radical (unpaired) electrons. The monoisotopic (exact) mass is 337 g/mol. The van der Waals surface area contributed by atoms with Crippen molar-refractivity contribution in [3.05, 3.63) is 46.7 Å². The largest absolute Gasteiger partial charge is 0.361 e. The van der Waals surface area contributed by atoms with Gasteiger partial charge < -0.3 is 5.32 Å². The summed E-state index contributed by atoms with van der Waals surface area (Å²) in [5.74, 6) is 2.28. The van der Waals surface area contributed by atoms with E-state index in [2.05, 4.69) is 20.6 Å². The van der Waals surface area contributed by atoms with Gasteiger partial charge in [-0.1, -0.05) is 12.1 Å². The standard InChI is InChI=1S/C16H20FN3S2/c17-14-3-1-2-13(10-14)4-5-18-16-19-15(12-22-16)11-20-6-8-21-9-7-20/h1-3,10,12H,4-9,11H2,(H,18,19). The number of hydrogen-bond donors (Lipinski definition) is 1. The van der Waals surface area contributed by atoms with E-state index in [4.69, 9.17) is 0 Å². The average molecular weight is 337 g/mol. The summed E-state index contributed by atoms with van der Waals surface area (Å²) in [4.78, 5) is 7.10. The first-order valence-electron chi connectivity index (χ1n) is 7.52. The minimum Gasteiger partial charge on any atom is -0.361 e. The smallest absolute Gasteiger partial charge is 0.182 e. The van der Waals surface area contributed by atoms with E-state index in [1.807, 2.05) is 17.8 Å². The van der Waals surface area contributed by atoms with Crippen LogP contribution in [0.1, 0.15) is 11.3 Å². The van der Waals surface area contributed by atoms with Crippen LogP contribution in [0.3, 0.4) is 0 Å². The van der Waals surface area contributed by atoms with Crippen molar-refractivity contribution in [3.63, 3.8) is 0 Å². The Balaban J connectivity index is 1.45. The Morgan fingerprint density at radius 3 is 2.95 bits per heavy atom. The number of nitrogens with zero attached hydrogens (tertiary/aromatic N) is 2. The molecule has 0 spiro atoms. The molecule has 1 aliphatic heterocycles. The van der Waals surface area contributed by atoms with E-state index in [-0.39, 0.29) is 5.82 Å². The van der Waals surface area contributed by atoms with E-state index in [1.54, 1.807) is 23.5 Å². The van der Waals surface area contributed by atoms with Crippen LogP contribution >= 0.6 is 23.1 Å². The summed E-state index contributed by atoms with van der Waals surface area (Å²) in [5.41, 5.74) is 2.15. The Labute approximate surface area is 138 Å². The van der Waals surface area contributed by atoms with Crippen molar-refractivity contribution in [2.24, 2.45) is 0 Å². The van der Waals surface area contributed by atoms with E-state index in [0.717, 1.165) is 49.0 Å². The zero-order valence-corrected chi connectivity index (χ0v) is 14.1. The molecule has 1 aromatic heterocycles. The third-order valence-corrected chi connectivity index (χ3v) is 5.41. The van der Waals surface area contributed by atoms with Crippen LogP contribution in [0, 0.1) is 5.82 Å². The summed E-state index contributed by atoms with van der Waals surface area (Å²) < 4.78 is 13.1. The molecule has 1 N–H and O–H groups in total. The van der Waals surface area contributed by atoms with Gasteiger partial charge in [0.05, 0.1) is 5.69 Å². The third kappa shape index (κ3) is 4.69. The molecule has 1 saturated heterocycles. The molecular formula is C16H20FN3S2. The van der Waals surface area contributed by atoms with Crippen LogP contribution in [0.2, 0.25) is 0 Å². The maximum absolute atomic E-state index is 13.1. The first kappa shape index (κ1) is 15.8. The molecule has 1 aromatic carbocycles. The second-order valence-corrected chi connectivity index (χ2v) is 7.42. The van der Waals surface area contributed by atoms with Gasteiger partial charge in [0.1, 0.15) is 5.82 Å². The van der Waals surface area contributed by atoms with E-state index >= 15 is 0 Å². The van der Waals surface area contributed by atoms with Crippen molar-refractivity contribution in [3.8, 4) is 0 Å². The highest BCUT2D eigenvalue weighted by atomic mass is 32.2. The number of nitrogens with one attached hydrogen (secondary N) is 1. The molecule has 0 amide bonds. The van der Waals surface area contributed by atoms with Gasteiger partial charge in [-0.25, -0.2) is 9.37 Å². The Bertz CT molecular complexity index is 597. The molecule has 0 atom stereocenters. The second kappa shape index (κ2) is 7.94. The lowest BCUT2D eigenvalue weighted by Crippen LogP contribution is -2.32. The fourth-order valence-corrected chi connectivity index (χ4v) is 4.16. The molecule has 1 fully saturated rings.